The number of aryl methyl sites for hydroxylation is 1. The topological polar surface area (TPSA) is 106 Å². The van der Waals surface area contributed by atoms with Crippen molar-refractivity contribution >= 4 is 17.8 Å². The molecule has 2 rings (SSSR count). The van der Waals surface area contributed by atoms with Crippen molar-refractivity contribution in [2.45, 2.75) is 33.0 Å². The molecular weight excluding hydrogens is 398 g/mol. The van der Waals surface area contributed by atoms with E-state index in [4.69, 9.17) is 0 Å². The Morgan fingerprint density at radius 2 is 1.93 bits per heavy atom. The average molecular weight is 415 g/mol. The van der Waals surface area contributed by atoms with Gasteiger partial charge in [0.25, 0.3) is 11.8 Å². The molecular formula is C17H17F4N5O3. The van der Waals surface area contributed by atoms with Crippen LogP contribution < -0.4 is 15.4 Å². The van der Waals surface area contributed by atoms with Crippen molar-refractivity contribution in [3.8, 4) is 5.88 Å². The molecule has 2 heterocycles. The summed E-state index contributed by atoms with van der Waals surface area (Å²) in [5, 5.41) is 4.91. The van der Waals surface area contributed by atoms with Crippen LogP contribution >= 0.6 is 0 Å². The Bertz CT molecular complexity index is 905. The Morgan fingerprint density at radius 1 is 1.21 bits per heavy atom. The number of carbonyl (C=O) groups is 2. The van der Waals surface area contributed by atoms with Gasteiger partial charge in [-0.25, -0.2) is 19.3 Å². The summed E-state index contributed by atoms with van der Waals surface area (Å²) < 4.78 is 54.4. The fraction of sp³-hybridized carbons (Fsp3) is 0.353. The molecule has 0 spiro atoms. The Hall–Kier alpha value is -3.31. The van der Waals surface area contributed by atoms with Crippen LogP contribution in [0.1, 0.15) is 35.1 Å². The first-order valence-electron chi connectivity index (χ1n) is 8.35. The van der Waals surface area contributed by atoms with E-state index in [2.05, 4.69) is 30.3 Å². The molecule has 0 atom stereocenters. The zero-order valence-electron chi connectivity index (χ0n) is 15.4. The molecule has 0 saturated carbocycles. The number of nitrogens with one attached hydrogen (secondary N) is 2. The highest BCUT2D eigenvalue weighted by molar-refractivity contribution is 5.93. The zero-order chi connectivity index (χ0) is 21.6. The smallest absolute Gasteiger partial charge is 0.422 e. The van der Waals surface area contributed by atoms with E-state index < -0.39 is 30.4 Å². The molecule has 0 aromatic carbocycles. The minimum atomic E-state index is -4.62. The summed E-state index contributed by atoms with van der Waals surface area (Å²) in [6.07, 6.45) is -3.33. The predicted octanol–water partition coefficient (Wildman–Crippen LogP) is 2.54. The molecule has 12 heteroatoms. The van der Waals surface area contributed by atoms with Crippen LogP contribution in [-0.2, 0) is 11.3 Å². The number of anilines is 1. The molecule has 0 saturated heterocycles. The van der Waals surface area contributed by atoms with Gasteiger partial charge in [0.2, 0.25) is 11.9 Å². The molecule has 0 radical (unpaired) electrons. The van der Waals surface area contributed by atoms with E-state index >= 15 is 0 Å². The van der Waals surface area contributed by atoms with E-state index in [1.807, 2.05) is 0 Å². The summed E-state index contributed by atoms with van der Waals surface area (Å²) in [7, 11) is 0. The van der Waals surface area contributed by atoms with Gasteiger partial charge < -0.3 is 10.1 Å². The van der Waals surface area contributed by atoms with Gasteiger partial charge in [-0.05, 0) is 24.6 Å². The predicted molar refractivity (Wildman–Crippen MR) is 92.6 cm³/mol. The first kappa shape index (κ1) is 22.0. The van der Waals surface area contributed by atoms with Crippen molar-refractivity contribution in [1.29, 1.82) is 0 Å². The van der Waals surface area contributed by atoms with Crippen LogP contribution in [0.3, 0.4) is 0 Å². The van der Waals surface area contributed by atoms with Crippen LogP contribution in [0.2, 0.25) is 0 Å². The van der Waals surface area contributed by atoms with Gasteiger partial charge in [-0.15, -0.1) is 0 Å². The second kappa shape index (κ2) is 9.26. The van der Waals surface area contributed by atoms with Gasteiger partial charge in [-0.1, -0.05) is 6.92 Å². The van der Waals surface area contributed by atoms with E-state index in [0.29, 0.717) is 5.69 Å². The van der Waals surface area contributed by atoms with Crippen LogP contribution in [0.25, 0.3) is 0 Å². The molecule has 2 aromatic rings. The summed E-state index contributed by atoms with van der Waals surface area (Å²) in [6.45, 7) is 1.42. The maximum absolute atomic E-state index is 13.8. The van der Waals surface area contributed by atoms with Crippen molar-refractivity contribution in [3.63, 3.8) is 0 Å². The van der Waals surface area contributed by atoms with Gasteiger partial charge in [-0.2, -0.15) is 13.2 Å². The van der Waals surface area contributed by atoms with Crippen molar-refractivity contribution < 1.29 is 31.9 Å². The first-order valence-corrected chi connectivity index (χ1v) is 8.35. The molecule has 0 aliphatic heterocycles. The molecule has 0 bridgehead atoms. The minimum Gasteiger partial charge on any atom is -0.466 e. The Kier molecular flexibility index (Phi) is 7.02. The monoisotopic (exact) mass is 415 g/mol. The highest BCUT2D eigenvalue weighted by Gasteiger charge is 2.29. The van der Waals surface area contributed by atoms with Crippen LogP contribution in [0.5, 0.6) is 5.88 Å². The number of hydrogen-bond acceptors (Lipinski definition) is 6. The van der Waals surface area contributed by atoms with E-state index in [-0.39, 0.29) is 36.1 Å². The van der Waals surface area contributed by atoms with Gasteiger partial charge in [0.15, 0.2) is 12.4 Å². The van der Waals surface area contributed by atoms with Crippen LogP contribution in [0.4, 0.5) is 23.5 Å². The Labute approximate surface area is 162 Å². The molecule has 0 fully saturated rings. The summed E-state index contributed by atoms with van der Waals surface area (Å²) >= 11 is 0. The highest BCUT2D eigenvalue weighted by atomic mass is 19.4. The average Bonchev–Trinajstić information content (AvgIpc) is 2.64. The largest absolute Gasteiger partial charge is 0.466 e. The minimum absolute atomic E-state index is 0.0255. The quantitative estimate of drug-likeness (QED) is 0.674. The summed E-state index contributed by atoms with van der Waals surface area (Å²) in [5.41, 5.74) is 0.610. The normalized spacial score (nSPS) is 11.1. The number of ether oxygens (including phenoxy) is 1. The van der Waals surface area contributed by atoms with Crippen LogP contribution in [0.15, 0.2) is 18.3 Å². The molecule has 156 valence electrons. The lowest BCUT2D eigenvalue weighted by Gasteiger charge is -2.10. The molecule has 29 heavy (non-hydrogen) atoms. The third-order valence-corrected chi connectivity index (χ3v) is 3.35. The van der Waals surface area contributed by atoms with Crippen molar-refractivity contribution in [1.82, 2.24) is 20.3 Å². The Morgan fingerprint density at radius 3 is 2.55 bits per heavy atom. The number of amides is 2. The lowest BCUT2D eigenvalue weighted by atomic mass is 10.2. The summed E-state index contributed by atoms with van der Waals surface area (Å²) in [6, 6.07) is 2.29. The van der Waals surface area contributed by atoms with E-state index in [0.717, 1.165) is 12.3 Å². The van der Waals surface area contributed by atoms with Gasteiger partial charge in [0.05, 0.1) is 0 Å². The number of hydrogen-bond donors (Lipinski definition) is 2. The maximum atomic E-state index is 13.8. The standard InChI is InChI=1S/C17H17F4N5O3/c1-3-13(27)26-16-24-9(2)4-12(25-16)14(28)22-6-10-5-11(18)15(23-7-10)29-8-17(19,20)21/h4-5,7H,3,6,8H2,1-2H3,(H,22,28)(H,24,25,26,27). The molecule has 0 aliphatic rings. The number of alkyl halides is 3. The fourth-order valence-electron chi connectivity index (χ4n) is 2.04. The SMILES string of the molecule is CCC(=O)Nc1nc(C)cc(C(=O)NCc2cnc(OCC(F)(F)F)c(F)c2)n1. The Balaban J connectivity index is 2.02. The number of rotatable bonds is 7. The second-order valence-electron chi connectivity index (χ2n) is 5.84. The zero-order valence-corrected chi connectivity index (χ0v) is 15.4. The molecule has 0 aliphatic carbocycles. The highest BCUT2D eigenvalue weighted by Crippen LogP contribution is 2.20. The van der Waals surface area contributed by atoms with Gasteiger partial charge in [0.1, 0.15) is 5.69 Å². The lowest BCUT2D eigenvalue weighted by molar-refractivity contribution is -0.154. The molecule has 2 N–H and O–H groups in total. The van der Waals surface area contributed by atoms with E-state index in [9.17, 15) is 27.2 Å². The summed E-state index contributed by atoms with van der Waals surface area (Å²) in [4.78, 5) is 35.1. The van der Waals surface area contributed by atoms with Crippen LogP contribution in [-0.4, -0.2) is 39.5 Å². The molecule has 2 amide bonds. The van der Waals surface area contributed by atoms with Gasteiger partial charge in [-0.3, -0.25) is 14.9 Å². The molecule has 8 nitrogen and oxygen atoms in total. The number of aromatic nitrogens is 3. The number of pyridine rings is 1. The van der Waals surface area contributed by atoms with E-state index in [1.165, 1.54) is 6.07 Å². The molecule has 0 unspecified atom stereocenters. The molecule has 2 aromatic heterocycles. The number of carbonyl (C=O) groups excluding carboxylic acids is 2. The first-order chi connectivity index (χ1) is 13.6. The van der Waals surface area contributed by atoms with Crippen molar-refractivity contribution in [3.05, 3.63) is 41.1 Å². The lowest BCUT2D eigenvalue weighted by Crippen LogP contribution is -2.25. The number of halogens is 4. The fourth-order valence-corrected chi connectivity index (χ4v) is 2.04. The second-order valence-corrected chi connectivity index (χ2v) is 5.84. The third kappa shape index (κ3) is 6.97. The van der Waals surface area contributed by atoms with Crippen molar-refractivity contribution in [2.75, 3.05) is 11.9 Å². The van der Waals surface area contributed by atoms with Crippen LogP contribution in [0, 0.1) is 12.7 Å². The van der Waals surface area contributed by atoms with E-state index in [1.54, 1.807) is 13.8 Å². The van der Waals surface area contributed by atoms with Crippen molar-refractivity contribution in [2.24, 2.45) is 0 Å². The third-order valence-electron chi connectivity index (χ3n) is 3.35. The summed E-state index contributed by atoms with van der Waals surface area (Å²) in [5.74, 6) is -2.86. The van der Waals surface area contributed by atoms with Gasteiger partial charge >= 0.3 is 6.18 Å². The van der Waals surface area contributed by atoms with Gasteiger partial charge in [0, 0.05) is 24.9 Å². The maximum Gasteiger partial charge on any atom is 0.422 e. The number of nitrogens with zero attached hydrogens (tertiary/aromatic N) is 3.